The van der Waals surface area contributed by atoms with E-state index in [4.69, 9.17) is 4.42 Å². The third-order valence-electron chi connectivity index (χ3n) is 2.40. The third kappa shape index (κ3) is 2.40. The molecule has 2 nitrogen and oxygen atoms in total. The van der Waals surface area contributed by atoms with Crippen molar-refractivity contribution in [3.8, 4) is 0 Å². The maximum atomic E-state index is 5.33. The second-order valence-corrected chi connectivity index (χ2v) is 3.75. The third-order valence-corrected chi connectivity index (χ3v) is 2.40. The number of anilines is 1. The summed E-state index contributed by atoms with van der Waals surface area (Å²) in [6.07, 6.45) is 1.70. The number of nitrogens with one attached hydrogen (secondary N) is 1. The first-order chi connectivity index (χ1) is 7.25. The summed E-state index contributed by atoms with van der Waals surface area (Å²) in [7, 11) is 0. The molecule has 0 bridgehead atoms. The normalized spacial score (nSPS) is 12.4. The summed E-state index contributed by atoms with van der Waals surface area (Å²) in [6, 6.07) is 12.4. The lowest BCUT2D eigenvalue weighted by molar-refractivity contribution is 0.490. The zero-order valence-corrected chi connectivity index (χ0v) is 9.03. The van der Waals surface area contributed by atoms with E-state index in [9.17, 15) is 0 Å². The van der Waals surface area contributed by atoms with Gasteiger partial charge in [-0.05, 0) is 38.1 Å². The molecule has 0 spiro atoms. The largest absolute Gasteiger partial charge is 0.467 e. The maximum absolute atomic E-state index is 5.33. The lowest BCUT2D eigenvalue weighted by Crippen LogP contribution is -2.05. The van der Waals surface area contributed by atoms with E-state index >= 15 is 0 Å². The van der Waals surface area contributed by atoms with E-state index < -0.39 is 0 Å². The van der Waals surface area contributed by atoms with Crippen molar-refractivity contribution in [2.45, 2.75) is 19.9 Å². The van der Waals surface area contributed by atoms with Crippen LogP contribution in [0, 0.1) is 6.92 Å². The Morgan fingerprint density at radius 1 is 1.13 bits per heavy atom. The van der Waals surface area contributed by atoms with E-state index in [0.29, 0.717) is 0 Å². The highest BCUT2D eigenvalue weighted by Crippen LogP contribution is 2.19. The number of benzene rings is 1. The minimum atomic E-state index is 0.197. The molecule has 0 amide bonds. The summed E-state index contributed by atoms with van der Waals surface area (Å²) >= 11 is 0. The van der Waals surface area contributed by atoms with Crippen molar-refractivity contribution < 1.29 is 4.42 Å². The van der Waals surface area contributed by atoms with Gasteiger partial charge in [0.05, 0.1) is 12.3 Å². The first kappa shape index (κ1) is 9.84. The van der Waals surface area contributed by atoms with Crippen LogP contribution in [0.5, 0.6) is 0 Å². The highest BCUT2D eigenvalue weighted by Gasteiger charge is 2.06. The molecule has 0 aliphatic heterocycles. The van der Waals surface area contributed by atoms with Crippen LogP contribution in [0.3, 0.4) is 0 Å². The summed E-state index contributed by atoms with van der Waals surface area (Å²) in [5.41, 5.74) is 2.38. The summed E-state index contributed by atoms with van der Waals surface area (Å²) in [6.45, 7) is 4.17. The molecule has 2 aromatic rings. The maximum Gasteiger partial charge on any atom is 0.125 e. The van der Waals surface area contributed by atoms with Crippen molar-refractivity contribution in [3.05, 3.63) is 54.0 Å². The van der Waals surface area contributed by atoms with Crippen molar-refractivity contribution in [1.82, 2.24) is 0 Å². The van der Waals surface area contributed by atoms with Crippen LogP contribution >= 0.6 is 0 Å². The molecule has 1 atom stereocenters. The zero-order chi connectivity index (χ0) is 10.7. The van der Waals surface area contributed by atoms with E-state index in [1.807, 2.05) is 12.1 Å². The molecule has 15 heavy (non-hydrogen) atoms. The fourth-order valence-corrected chi connectivity index (χ4v) is 1.51. The molecule has 0 fully saturated rings. The Hall–Kier alpha value is -1.70. The Kier molecular flexibility index (Phi) is 2.77. The van der Waals surface area contributed by atoms with Gasteiger partial charge in [-0.3, -0.25) is 0 Å². The summed E-state index contributed by atoms with van der Waals surface area (Å²) < 4.78 is 5.33. The van der Waals surface area contributed by atoms with Gasteiger partial charge < -0.3 is 9.73 Å². The van der Waals surface area contributed by atoms with Crippen LogP contribution in [0.4, 0.5) is 5.69 Å². The summed E-state index contributed by atoms with van der Waals surface area (Å²) in [5, 5.41) is 3.38. The fraction of sp³-hybridized carbons (Fsp3) is 0.231. The van der Waals surface area contributed by atoms with Crippen LogP contribution < -0.4 is 5.32 Å². The molecular weight excluding hydrogens is 186 g/mol. The quantitative estimate of drug-likeness (QED) is 0.817. The first-order valence-corrected chi connectivity index (χ1v) is 5.12. The summed E-state index contributed by atoms with van der Waals surface area (Å²) in [5.74, 6) is 0.954. The number of hydrogen-bond donors (Lipinski definition) is 1. The van der Waals surface area contributed by atoms with Gasteiger partial charge >= 0.3 is 0 Å². The van der Waals surface area contributed by atoms with Crippen LogP contribution in [0.2, 0.25) is 0 Å². The molecule has 1 aromatic carbocycles. The molecule has 0 aliphatic rings. The van der Waals surface area contributed by atoms with E-state index in [-0.39, 0.29) is 6.04 Å². The standard InChI is InChI=1S/C13H15NO/c1-10-5-7-12(8-6-10)14-11(2)13-4-3-9-15-13/h3-9,11,14H,1-2H3/t11-/m1/s1. The first-order valence-electron chi connectivity index (χ1n) is 5.12. The van der Waals surface area contributed by atoms with Gasteiger partial charge in [0.15, 0.2) is 0 Å². The zero-order valence-electron chi connectivity index (χ0n) is 9.03. The fourth-order valence-electron chi connectivity index (χ4n) is 1.51. The van der Waals surface area contributed by atoms with Gasteiger partial charge in [-0.1, -0.05) is 17.7 Å². The molecular formula is C13H15NO. The monoisotopic (exact) mass is 201 g/mol. The molecule has 1 N–H and O–H groups in total. The second-order valence-electron chi connectivity index (χ2n) is 3.75. The van der Waals surface area contributed by atoms with Gasteiger partial charge in [-0.2, -0.15) is 0 Å². The van der Waals surface area contributed by atoms with Gasteiger partial charge in [0.25, 0.3) is 0 Å². The Bertz CT molecular complexity index is 403. The van der Waals surface area contributed by atoms with Gasteiger partial charge in [-0.15, -0.1) is 0 Å². The minimum absolute atomic E-state index is 0.197. The smallest absolute Gasteiger partial charge is 0.125 e. The number of aryl methyl sites for hydroxylation is 1. The summed E-state index contributed by atoms with van der Waals surface area (Å²) in [4.78, 5) is 0. The molecule has 0 saturated carbocycles. The Morgan fingerprint density at radius 3 is 2.47 bits per heavy atom. The lowest BCUT2D eigenvalue weighted by Gasteiger charge is -2.12. The van der Waals surface area contributed by atoms with Crippen LogP contribution in [0.15, 0.2) is 47.1 Å². The van der Waals surface area contributed by atoms with Crippen LogP contribution in [-0.4, -0.2) is 0 Å². The molecule has 0 saturated heterocycles. The molecule has 0 unspecified atom stereocenters. The van der Waals surface area contributed by atoms with E-state index in [1.54, 1.807) is 6.26 Å². The average molecular weight is 201 g/mol. The number of rotatable bonds is 3. The molecule has 2 heteroatoms. The average Bonchev–Trinajstić information content (AvgIpc) is 2.74. The SMILES string of the molecule is Cc1ccc(N[C@H](C)c2ccco2)cc1. The number of hydrogen-bond acceptors (Lipinski definition) is 2. The predicted molar refractivity (Wildman–Crippen MR) is 61.9 cm³/mol. The van der Waals surface area contributed by atoms with Crippen LogP contribution in [0.1, 0.15) is 24.3 Å². The minimum Gasteiger partial charge on any atom is -0.467 e. The van der Waals surface area contributed by atoms with Crippen molar-refractivity contribution in [1.29, 1.82) is 0 Å². The van der Waals surface area contributed by atoms with Crippen LogP contribution in [0.25, 0.3) is 0 Å². The van der Waals surface area contributed by atoms with Gasteiger partial charge in [-0.25, -0.2) is 0 Å². The molecule has 0 aliphatic carbocycles. The van der Waals surface area contributed by atoms with Gasteiger partial charge in [0.1, 0.15) is 5.76 Å². The Balaban J connectivity index is 2.06. The van der Waals surface area contributed by atoms with Gasteiger partial charge in [0, 0.05) is 5.69 Å². The van der Waals surface area contributed by atoms with Crippen LogP contribution in [-0.2, 0) is 0 Å². The highest BCUT2D eigenvalue weighted by molar-refractivity contribution is 5.45. The lowest BCUT2D eigenvalue weighted by atomic mass is 10.2. The van der Waals surface area contributed by atoms with E-state index in [1.165, 1.54) is 5.56 Å². The van der Waals surface area contributed by atoms with Gasteiger partial charge in [0.2, 0.25) is 0 Å². The van der Waals surface area contributed by atoms with Crippen molar-refractivity contribution >= 4 is 5.69 Å². The highest BCUT2D eigenvalue weighted by atomic mass is 16.3. The van der Waals surface area contributed by atoms with Crippen molar-refractivity contribution in [2.24, 2.45) is 0 Å². The Morgan fingerprint density at radius 2 is 1.87 bits per heavy atom. The Labute approximate surface area is 89.9 Å². The van der Waals surface area contributed by atoms with Crippen molar-refractivity contribution in [2.75, 3.05) is 5.32 Å². The van der Waals surface area contributed by atoms with E-state index in [2.05, 4.69) is 43.4 Å². The van der Waals surface area contributed by atoms with E-state index in [0.717, 1.165) is 11.4 Å². The second kappa shape index (κ2) is 4.22. The molecule has 2 rings (SSSR count). The van der Waals surface area contributed by atoms with Crippen molar-refractivity contribution in [3.63, 3.8) is 0 Å². The molecule has 78 valence electrons. The predicted octanol–water partition coefficient (Wildman–Crippen LogP) is 3.76. The molecule has 0 radical (unpaired) electrons. The number of furan rings is 1. The molecule has 1 aromatic heterocycles. The molecule has 1 heterocycles. The topological polar surface area (TPSA) is 25.2 Å².